The lowest BCUT2D eigenvalue weighted by Gasteiger charge is -2.09. The van der Waals surface area contributed by atoms with Gasteiger partial charge in [0.2, 0.25) is 11.7 Å². The monoisotopic (exact) mass is 428 g/mol. The normalized spacial score (nSPS) is 10.9. The molecule has 2 aromatic carbocycles. The zero-order chi connectivity index (χ0) is 21.1. The van der Waals surface area contributed by atoms with E-state index in [-0.39, 0.29) is 35.7 Å². The molecular weight excluding hydrogens is 414 g/mol. The maximum atomic E-state index is 13.1. The van der Waals surface area contributed by atoms with Gasteiger partial charge in [-0.1, -0.05) is 22.8 Å². The van der Waals surface area contributed by atoms with E-state index in [0.717, 1.165) is 0 Å². The van der Waals surface area contributed by atoms with Crippen LogP contribution >= 0.6 is 11.6 Å². The van der Waals surface area contributed by atoms with E-state index in [1.165, 1.54) is 30.3 Å². The Labute approximate surface area is 175 Å². The molecule has 0 bridgehead atoms. The number of halogens is 3. The highest BCUT2D eigenvalue weighted by Gasteiger charge is 2.16. The number of carbonyl (C=O) groups is 1. The number of carbonyl (C=O) groups excluding carboxylic acids is 1. The molecule has 2 aromatic heterocycles. The average Bonchev–Trinajstić information content (AvgIpc) is 3.37. The molecule has 0 unspecified atom stereocenters. The van der Waals surface area contributed by atoms with Gasteiger partial charge >= 0.3 is 0 Å². The van der Waals surface area contributed by atoms with Gasteiger partial charge in [0.25, 0.3) is 5.89 Å². The molecule has 0 saturated carbocycles. The van der Waals surface area contributed by atoms with E-state index in [4.69, 9.17) is 16.1 Å². The van der Waals surface area contributed by atoms with Crippen molar-refractivity contribution in [2.45, 2.75) is 13.1 Å². The maximum Gasteiger partial charge on any atom is 0.274 e. The van der Waals surface area contributed by atoms with Crippen molar-refractivity contribution in [3.8, 4) is 23.0 Å². The minimum atomic E-state index is -0.438. The molecule has 0 aliphatic heterocycles. The van der Waals surface area contributed by atoms with Crippen molar-refractivity contribution < 1.29 is 18.1 Å². The van der Waals surface area contributed by atoms with Crippen LogP contribution in [0.1, 0.15) is 5.56 Å². The van der Waals surface area contributed by atoms with Gasteiger partial charge < -0.3 is 14.4 Å². The Morgan fingerprint density at radius 3 is 2.63 bits per heavy atom. The number of nitrogens with one attached hydrogen (secondary N) is 1. The summed E-state index contributed by atoms with van der Waals surface area (Å²) in [7, 11) is 0. The van der Waals surface area contributed by atoms with Crippen LogP contribution in [0.2, 0.25) is 5.02 Å². The third-order valence-corrected chi connectivity index (χ3v) is 4.73. The highest BCUT2D eigenvalue weighted by molar-refractivity contribution is 6.31. The molecule has 0 saturated heterocycles. The Balaban J connectivity index is 1.44. The van der Waals surface area contributed by atoms with E-state index in [1.54, 1.807) is 35.0 Å². The van der Waals surface area contributed by atoms with E-state index in [1.807, 2.05) is 0 Å². The van der Waals surface area contributed by atoms with E-state index < -0.39 is 5.82 Å². The average molecular weight is 429 g/mol. The molecule has 4 aromatic rings. The Morgan fingerprint density at radius 1 is 1.10 bits per heavy atom. The van der Waals surface area contributed by atoms with Gasteiger partial charge in [-0.25, -0.2) is 8.78 Å². The minimum Gasteiger partial charge on any atom is -0.350 e. The molecule has 0 atom stereocenters. The summed E-state index contributed by atoms with van der Waals surface area (Å²) < 4.78 is 33.2. The summed E-state index contributed by atoms with van der Waals surface area (Å²) >= 11 is 5.98. The second-order valence-electron chi connectivity index (χ2n) is 6.46. The van der Waals surface area contributed by atoms with Crippen LogP contribution in [0.15, 0.2) is 65.3 Å². The van der Waals surface area contributed by atoms with Gasteiger partial charge in [0.15, 0.2) is 0 Å². The minimum absolute atomic E-state index is 0.00933. The number of rotatable bonds is 6. The van der Waals surface area contributed by atoms with Crippen molar-refractivity contribution in [2.75, 3.05) is 0 Å². The molecule has 0 spiro atoms. The predicted octanol–water partition coefficient (Wildman–Crippen LogP) is 4.45. The maximum absolute atomic E-state index is 13.1. The fraction of sp³-hybridized carbons (Fsp3) is 0.0952. The number of hydrogen-bond acceptors (Lipinski definition) is 4. The van der Waals surface area contributed by atoms with Gasteiger partial charge in [-0.05, 0) is 54.1 Å². The molecule has 0 fully saturated rings. The fourth-order valence-corrected chi connectivity index (χ4v) is 3.09. The largest absolute Gasteiger partial charge is 0.350 e. The number of nitrogens with zero attached hydrogens (tertiary/aromatic N) is 3. The van der Waals surface area contributed by atoms with Gasteiger partial charge in [0.1, 0.15) is 23.9 Å². The molecule has 1 amide bonds. The van der Waals surface area contributed by atoms with Gasteiger partial charge in [-0.15, -0.1) is 0 Å². The van der Waals surface area contributed by atoms with Crippen LogP contribution in [-0.2, 0) is 17.9 Å². The summed E-state index contributed by atoms with van der Waals surface area (Å²) in [5.41, 5.74) is 1.78. The SMILES string of the molecule is O=C(Cn1cccc1-c1nc(-c2ccc(F)cc2)no1)NCc1ccc(F)cc1Cl. The zero-order valence-corrected chi connectivity index (χ0v) is 16.2. The van der Waals surface area contributed by atoms with Crippen LogP contribution in [0.5, 0.6) is 0 Å². The van der Waals surface area contributed by atoms with Crippen LogP contribution in [0.3, 0.4) is 0 Å². The summed E-state index contributed by atoms with van der Waals surface area (Å²) in [6, 6.07) is 13.2. The summed E-state index contributed by atoms with van der Waals surface area (Å²) in [5, 5.41) is 6.91. The Bertz CT molecular complexity index is 1190. The molecule has 4 rings (SSSR count). The highest BCUT2D eigenvalue weighted by atomic mass is 35.5. The van der Waals surface area contributed by atoms with Gasteiger partial charge in [0.05, 0.1) is 0 Å². The second-order valence-corrected chi connectivity index (χ2v) is 6.87. The lowest BCUT2D eigenvalue weighted by Crippen LogP contribution is -2.27. The third-order valence-electron chi connectivity index (χ3n) is 4.38. The van der Waals surface area contributed by atoms with Crippen LogP contribution in [0.4, 0.5) is 8.78 Å². The van der Waals surface area contributed by atoms with Crippen molar-refractivity contribution in [3.63, 3.8) is 0 Å². The summed E-state index contributed by atoms with van der Waals surface area (Å²) in [5.74, 6) is -0.524. The number of benzene rings is 2. The van der Waals surface area contributed by atoms with E-state index in [2.05, 4.69) is 15.5 Å². The van der Waals surface area contributed by atoms with Crippen LogP contribution in [-0.4, -0.2) is 20.6 Å². The van der Waals surface area contributed by atoms with Crippen molar-refractivity contribution in [2.24, 2.45) is 0 Å². The van der Waals surface area contributed by atoms with E-state index in [0.29, 0.717) is 22.6 Å². The Morgan fingerprint density at radius 2 is 1.87 bits per heavy atom. The van der Waals surface area contributed by atoms with Crippen molar-refractivity contribution in [3.05, 3.63) is 83.0 Å². The Kier molecular flexibility index (Phi) is 5.58. The molecule has 0 aliphatic carbocycles. The first-order valence-electron chi connectivity index (χ1n) is 8.95. The van der Waals surface area contributed by atoms with Crippen LogP contribution < -0.4 is 5.32 Å². The number of aromatic nitrogens is 3. The first-order valence-corrected chi connectivity index (χ1v) is 9.33. The van der Waals surface area contributed by atoms with Crippen LogP contribution in [0, 0.1) is 11.6 Å². The molecule has 2 heterocycles. The smallest absolute Gasteiger partial charge is 0.274 e. The van der Waals surface area contributed by atoms with Crippen molar-refractivity contribution in [1.82, 2.24) is 20.0 Å². The number of amides is 1. The zero-order valence-electron chi connectivity index (χ0n) is 15.5. The standard InChI is InChI=1S/C21H15ClF2N4O2/c22-17-10-16(24)8-5-14(17)11-25-19(29)12-28-9-1-2-18(28)21-26-20(27-30-21)13-3-6-15(23)7-4-13/h1-10H,11-12H2,(H,25,29). The van der Waals surface area contributed by atoms with Crippen LogP contribution in [0.25, 0.3) is 23.0 Å². The lowest BCUT2D eigenvalue weighted by atomic mass is 10.2. The van der Waals surface area contributed by atoms with Crippen molar-refractivity contribution >= 4 is 17.5 Å². The highest BCUT2D eigenvalue weighted by Crippen LogP contribution is 2.23. The van der Waals surface area contributed by atoms with E-state index >= 15 is 0 Å². The van der Waals surface area contributed by atoms with E-state index in [9.17, 15) is 13.6 Å². The fourth-order valence-electron chi connectivity index (χ4n) is 2.86. The molecule has 152 valence electrons. The Hall–Kier alpha value is -3.52. The molecule has 6 nitrogen and oxygen atoms in total. The molecule has 9 heteroatoms. The van der Waals surface area contributed by atoms with Gasteiger partial charge in [-0.3, -0.25) is 4.79 Å². The summed E-state index contributed by atoms with van der Waals surface area (Å²) in [6.07, 6.45) is 1.71. The second kappa shape index (κ2) is 8.46. The van der Waals surface area contributed by atoms with Gasteiger partial charge in [0, 0.05) is 23.3 Å². The summed E-state index contributed by atoms with van der Waals surface area (Å²) in [6.45, 7) is 0.180. The first kappa shape index (κ1) is 19.8. The quantitative estimate of drug-likeness (QED) is 0.492. The molecule has 1 N–H and O–H groups in total. The summed E-state index contributed by atoms with van der Waals surface area (Å²) in [4.78, 5) is 16.7. The third kappa shape index (κ3) is 4.38. The first-order chi connectivity index (χ1) is 14.5. The number of hydrogen-bond donors (Lipinski definition) is 1. The predicted molar refractivity (Wildman–Crippen MR) is 106 cm³/mol. The van der Waals surface area contributed by atoms with Crippen molar-refractivity contribution in [1.29, 1.82) is 0 Å². The molecule has 30 heavy (non-hydrogen) atoms. The van der Waals surface area contributed by atoms with Gasteiger partial charge in [-0.2, -0.15) is 4.98 Å². The topological polar surface area (TPSA) is 73.0 Å². The molecule has 0 radical (unpaired) electrons. The molecular formula is C21H15ClF2N4O2. The lowest BCUT2D eigenvalue weighted by molar-refractivity contribution is -0.121. The molecule has 0 aliphatic rings.